The number of halogens is 1. The smallest absolute Gasteiger partial charge is 0.322 e. The minimum Gasteiger partial charge on any atom is -0.376 e. The van der Waals surface area contributed by atoms with Gasteiger partial charge < -0.3 is 19.9 Å². The third-order valence-corrected chi connectivity index (χ3v) is 6.73. The van der Waals surface area contributed by atoms with Crippen LogP contribution in [0, 0.1) is 17.1 Å². The van der Waals surface area contributed by atoms with Gasteiger partial charge in [-0.05, 0) is 60.2 Å². The van der Waals surface area contributed by atoms with Crippen molar-refractivity contribution in [2.24, 2.45) is 0 Å². The lowest BCUT2D eigenvalue weighted by Crippen LogP contribution is -2.46. The van der Waals surface area contributed by atoms with Gasteiger partial charge in [-0.2, -0.15) is 5.26 Å². The molecule has 2 aromatic carbocycles. The van der Waals surface area contributed by atoms with Crippen LogP contribution in [0.25, 0.3) is 0 Å². The van der Waals surface area contributed by atoms with Crippen LogP contribution in [0.5, 0.6) is 0 Å². The van der Waals surface area contributed by atoms with E-state index in [1.807, 2.05) is 17.5 Å². The molecular weight excluding hydrogens is 479 g/mol. The van der Waals surface area contributed by atoms with E-state index in [-0.39, 0.29) is 37.5 Å². The van der Waals surface area contributed by atoms with Gasteiger partial charge in [-0.3, -0.25) is 4.79 Å². The lowest BCUT2D eigenvalue weighted by molar-refractivity contribution is -0.133. The number of nitriles is 1. The first kappa shape index (κ1) is 25.4. The van der Waals surface area contributed by atoms with Crippen molar-refractivity contribution in [3.05, 3.63) is 87.9 Å². The molecule has 1 aromatic heterocycles. The van der Waals surface area contributed by atoms with Crippen LogP contribution < -0.4 is 5.32 Å². The predicted molar refractivity (Wildman–Crippen MR) is 136 cm³/mol. The number of urea groups is 1. The van der Waals surface area contributed by atoms with Crippen LogP contribution in [-0.4, -0.2) is 47.5 Å². The third kappa shape index (κ3) is 7.13. The van der Waals surface area contributed by atoms with E-state index in [1.165, 1.54) is 17.0 Å². The van der Waals surface area contributed by atoms with E-state index in [2.05, 4.69) is 11.4 Å². The molecule has 4 rings (SSSR count). The minimum atomic E-state index is -0.438. The average molecular weight is 507 g/mol. The fourth-order valence-corrected chi connectivity index (χ4v) is 4.74. The van der Waals surface area contributed by atoms with Crippen molar-refractivity contribution in [1.29, 1.82) is 5.26 Å². The second kappa shape index (κ2) is 12.3. The Morgan fingerprint density at radius 2 is 1.94 bits per heavy atom. The molecule has 9 heteroatoms. The molecule has 3 aromatic rings. The maximum Gasteiger partial charge on any atom is 0.322 e. The molecule has 0 bridgehead atoms. The molecule has 0 aliphatic carbocycles. The van der Waals surface area contributed by atoms with E-state index >= 15 is 0 Å². The number of anilines is 1. The number of carbonyl (C=O) groups is 2. The van der Waals surface area contributed by atoms with Gasteiger partial charge in [0.2, 0.25) is 5.91 Å². The lowest BCUT2D eigenvalue weighted by atomic mass is 10.2. The SMILES string of the molecule is N#Cc1cccc(NC(=O)N(CC(=O)N(Cc2ccc(F)cc2)Cc2cccs2)CC2CCCO2)c1. The Morgan fingerprint density at radius 1 is 1.11 bits per heavy atom. The van der Waals surface area contributed by atoms with Gasteiger partial charge in [-0.15, -0.1) is 11.3 Å². The molecule has 1 fully saturated rings. The van der Waals surface area contributed by atoms with Crippen molar-refractivity contribution in [2.75, 3.05) is 25.0 Å². The molecule has 1 unspecified atom stereocenters. The number of amides is 3. The molecule has 2 heterocycles. The number of hydrogen-bond acceptors (Lipinski definition) is 5. The van der Waals surface area contributed by atoms with Crippen LogP contribution >= 0.6 is 11.3 Å². The van der Waals surface area contributed by atoms with E-state index in [0.717, 1.165) is 23.3 Å². The summed E-state index contributed by atoms with van der Waals surface area (Å²) < 4.78 is 19.1. The number of nitrogens with one attached hydrogen (secondary N) is 1. The van der Waals surface area contributed by atoms with E-state index in [0.29, 0.717) is 24.4 Å². The van der Waals surface area contributed by atoms with E-state index in [4.69, 9.17) is 10.00 Å². The summed E-state index contributed by atoms with van der Waals surface area (Å²) in [5, 5.41) is 13.9. The number of thiophene rings is 1. The van der Waals surface area contributed by atoms with Crippen LogP contribution in [0.4, 0.5) is 14.9 Å². The fourth-order valence-electron chi connectivity index (χ4n) is 4.02. The lowest BCUT2D eigenvalue weighted by Gasteiger charge is -2.29. The van der Waals surface area contributed by atoms with Gasteiger partial charge in [0.25, 0.3) is 0 Å². The number of ether oxygens (including phenoxy) is 1. The molecule has 0 spiro atoms. The molecule has 186 valence electrons. The number of rotatable bonds is 9. The van der Waals surface area contributed by atoms with Gasteiger partial charge in [0.05, 0.1) is 24.3 Å². The summed E-state index contributed by atoms with van der Waals surface area (Å²) in [4.78, 5) is 30.9. The number of carbonyl (C=O) groups excluding carboxylic acids is 2. The van der Waals surface area contributed by atoms with Gasteiger partial charge in [0.1, 0.15) is 12.4 Å². The number of benzene rings is 2. The van der Waals surface area contributed by atoms with Gasteiger partial charge in [-0.25, -0.2) is 9.18 Å². The first-order chi connectivity index (χ1) is 17.5. The van der Waals surface area contributed by atoms with Crippen LogP contribution in [-0.2, 0) is 22.6 Å². The topological polar surface area (TPSA) is 85.7 Å². The summed E-state index contributed by atoms with van der Waals surface area (Å²) in [6.07, 6.45) is 1.58. The maximum atomic E-state index is 13.5. The summed E-state index contributed by atoms with van der Waals surface area (Å²) in [6, 6.07) is 18.2. The Bertz CT molecular complexity index is 1200. The Hall–Kier alpha value is -3.74. The van der Waals surface area contributed by atoms with E-state index in [1.54, 1.807) is 52.6 Å². The zero-order valence-electron chi connectivity index (χ0n) is 19.7. The summed E-state index contributed by atoms with van der Waals surface area (Å²) in [7, 11) is 0. The van der Waals surface area contributed by atoms with Gasteiger partial charge in [-0.1, -0.05) is 24.3 Å². The Kier molecular flexibility index (Phi) is 8.66. The molecule has 36 heavy (non-hydrogen) atoms. The highest BCUT2D eigenvalue weighted by molar-refractivity contribution is 7.09. The normalized spacial score (nSPS) is 14.7. The monoisotopic (exact) mass is 506 g/mol. The van der Waals surface area contributed by atoms with E-state index < -0.39 is 6.03 Å². The number of hydrogen-bond donors (Lipinski definition) is 1. The van der Waals surface area contributed by atoms with Gasteiger partial charge in [0.15, 0.2) is 0 Å². The van der Waals surface area contributed by atoms with E-state index in [9.17, 15) is 14.0 Å². The molecule has 7 nitrogen and oxygen atoms in total. The molecule has 1 aliphatic rings. The second-order valence-electron chi connectivity index (χ2n) is 8.59. The maximum absolute atomic E-state index is 13.5. The Balaban J connectivity index is 1.51. The summed E-state index contributed by atoms with van der Waals surface area (Å²) >= 11 is 1.55. The minimum absolute atomic E-state index is 0.142. The van der Waals surface area contributed by atoms with Crippen molar-refractivity contribution < 1.29 is 18.7 Å². The quantitative estimate of drug-likeness (QED) is 0.443. The molecule has 1 N–H and O–H groups in total. The van der Waals surface area contributed by atoms with Crippen molar-refractivity contribution >= 4 is 29.0 Å². The summed E-state index contributed by atoms with van der Waals surface area (Å²) in [6.45, 7) is 1.44. The van der Waals surface area contributed by atoms with Crippen molar-refractivity contribution in [3.63, 3.8) is 0 Å². The highest BCUT2D eigenvalue weighted by atomic mass is 32.1. The van der Waals surface area contributed by atoms with Crippen molar-refractivity contribution in [3.8, 4) is 6.07 Å². The van der Waals surface area contributed by atoms with Crippen LogP contribution in [0.3, 0.4) is 0 Å². The molecule has 1 saturated heterocycles. The largest absolute Gasteiger partial charge is 0.376 e. The Morgan fingerprint density at radius 3 is 2.64 bits per heavy atom. The zero-order valence-corrected chi connectivity index (χ0v) is 20.5. The van der Waals surface area contributed by atoms with Crippen molar-refractivity contribution in [2.45, 2.75) is 32.0 Å². The third-order valence-electron chi connectivity index (χ3n) is 5.87. The zero-order chi connectivity index (χ0) is 25.3. The highest BCUT2D eigenvalue weighted by Gasteiger charge is 2.27. The highest BCUT2D eigenvalue weighted by Crippen LogP contribution is 2.18. The first-order valence-corrected chi connectivity index (χ1v) is 12.6. The molecule has 3 amide bonds. The van der Waals surface area contributed by atoms with Crippen molar-refractivity contribution in [1.82, 2.24) is 9.80 Å². The molecule has 0 radical (unpaired) electrons. The second-order valence-corrected chi connectivity index (χ2v) is 9.63. The Labute approximate surface area is 213 Å². The van der Waals surface area contributed by atoms with Crippen LogP contribution in [0.2, 0.25) is 0 Å². The summed E-state index contributed by atoms with van der Waals surface area (Å²) in [5.41, 5.74) is 1.70. The van der Waals surface area contributed by atoms with Gasteiger partial charge >= 0.3 is 6.03 Å². The molecule has 1 aliphatic heterocycles. The standard InChI is InChI=1S/C27H27FN4O3S/c28-22-10-8-20(9-11-22)16-31(18-25-7-3-13-36-25)26(33)19-32(17-24-6-2-12-35-24)27(34)30-23-5-1-4-21(14-23)15-29/h1,3-5,7-11,13-14,24H,2,6,12,16-19H2,(H,30,34). The van der Waals surface area contributed by atoms with Crippen LogP contribution in [0.1, 0.15) is 28.8 Å². The van der Waals surface area contributed by atoms with Crippen LogP contribution in [0.15, 0.2) is 66.0 Å². The first-order valence-electron chi connectivity index (χ1n) is 11.7. The average Bonchev–Trinajstić information content (AvgIpc) is 3.59. The van der Waals surface area contributed by atoms with Gasteiger partial charge in [0, 0.05) is 30.3 Å². The molecule has 0 saturated carbocycles. The predicted octanol–water partition coefficient (Wildman–Crippen LogP) is 5.00. The molecule has 1 atom stereocenters. The number of nitrogens with zero attached hydrogens (tertiary/aromatic N) is 3. The molecular formula is C27H27FN4O3S. The summed E-state index contributed by atoms with van der Waals surface area (Å²) in [5.74, 6) is -0.568. The fraction of sp³-hybridized carbons (Fsp3) is 0.296.